The number of piperidine rings is 1. The molecule has 0 saturated carbocycles. The minimum atomic E-state index is -0.949. The fourth-order valence-electron chi connectivity index (χ4n) is 3.48. The van der Waals surface area contributed by atoms with Gasteiger partial charge in [0.2, 0.25) is 5.95 Å². The summed E-state index contributed by atoms with van der Waals surface area (Å²) in [4.78, 5) is 13.4. The van der Waals surface area contributed by atoms with Crippen LogP contribution in [0.5, 0.6) is 0 Å². The highest BCUT2D eigenvalue weighted by molar-refractivity contribution is 5.44. The van der Waals surface area contributed by atoms with Gasteiger partial charge in [0.15, 0.2) is 0 Å². The van der Waals surface area contributed by atoms with Gasteiger partial charge < -0.3 is 25.1 Å². The fourth-order valence-corrected chi connectivity index (χ4v) is 3.48. The number of aliphatic hydroxyl groups is 3. The van der Waals surface area contributed by atoms with Crippen molar-refractivity contribution in [3.8, 4) is 0 Å². The Kier molecular flexibility index (Phi) is 4.75. The van der Waals surface area contributed by atoms with Crippen molar-refractivity contribution in [2.45, 2.75) is 38.1 Å². The fraction of sp³-hybridized carbons (Fsp3) is 0.588. The molecular weight excluding hydrogens is 336 g/mol. The molecule has 26 heavy (non-hydrogen) atoms. The van der Waals surface area contributed by atoms with Crippen LogP contribution >= 0.6 is 0 Å². The summed E-state index contributed by atoms with van der Waals surface area (Å²) >= 11 is 0. The van der Waals surface area contributed by atoms with Crippen LogP contribution in [0.2, 0.25) is 0 Å². The maximum Gasteiger partial charge on any atom is 0.227 e. The molecule has 1 fully saturated rings. The second-order valence-corrected chi connectivity index (χ2v) is 6.84. The van der Waals surface area contributed by atoms with Gasteiger partial charge in [0.05, 0.1) is 37.2 Å². The lowest BCUT2D eigenvalue weighted by Crippen LogP contribution is -2.37. The highest BCUT2D eigenvalue weighted by Gasteiger charge is 2.24. The van der Waals surface area contributed by atoms with E-state index in [2.05, 4.69) is 19.9 Å². The van der Waals surface area contributed by atoms with Gasteiger partial charge in [0.25, 0.3) is 0 Å². The van der Waals surface area contributed by atoms with Crippen LogP contribution in [0.15, 0.2) is 18.3 Å². The molecule has 9 heteroatoms. The van der Waals surface area contributed by atoms with Crippen molar-refractivity contribution in [3.63, 3.8) is 0 Å². The first-order valence-electron chi connectivity index (χ1n) is 9.00. The van der Waals surface area contributed by atoms with Gasteiger partial charge >= 0.3 is 0 Å². The van der Waals surface area contributed by atoms with Crippen molar-refractivity contribution in [1.29, 1.82) is 0 Å². The molecule has 0 amide bonds. The molecular formula is C17H24N6O3. The van der Waals surface area contributed by atoms with Crippen LogP contribution in [0, 0.1) is 0 Å². The van der Waals surface area contributed by atoms with Gasteiger partial charge in [-0.3, -0.25) is 4.68 Å². The number of fused-ring (bicyclic) bond motifs is 1. The average Bonchev–Trinajstić information content (AvgIpc) is 3.11. The van der Waals surface area contributed by atoms with Crippen molar-refractivity contribution < 1.29 is 15.3 Å². The first kappa shape index (κ1) is 17.2. The summed E-state index contributed by atoms with van der Waals surface area (Å²) in [5.41, 5.74) is 1.46. The highest BCUT2D eigenvalue weighted by Crippen LogP contribution is 2.23. The molecule has 1 unspecified atom stereocenters. The lowest BCUT2D eigenvalue weighted by Gasteiger charge is -2.32. The van der Waals surface area contributed by atoms with Crippen molar-refractivity contribution in [1.82, 2.24) is 19.7 Å². The van der Waals surface area contributed by atoms with Gasteiger partial charge in [-0.25, -0.2) is 4.98 Å². The first-order valence-corrected chi connectivity index (χ1v) is 9.00. The standard InChI is InChI=1S/C17H24N6O3/c24-11-15(26)14-9-12-10-22(7-8-23(12)20-14)17-18-4-1-16(19-17)21-5-2-13(25)3-6-21/h1,4,9,13,15,24-26H,2-3,5-8,10-11H2. The molecule has 2 aliphatic rings. The van der Waals surface area contributed by atoms with E-state index >= 15 is 0 Å². The molecule has 1 saturated heterocycles. The Morgan fingerprint density at radius 1 is 1.15 bits per heavy atom. The van der Waals surface area contributed by atoms with E-state index in [-0.39, 0.29) is 12.7 Å². The normalized spacial score (nSPS) is 19.5. The van der Waals surface area contributed by atoms with E-state index in [0.29, 0.717) is 24.7 Å². The third-order valence-corrected chi connectivity index (χ3v) is 5.03. The van der Waals surface area contributed by atoms with Gasteiger partial charge in [0, 0.05) is 25.8 Å². The number of hydrogen-bond donors (Lipinski definition) is 3. The van der Waals surface area contributed by atoms with Gasteiger partial charge in [-0.1, -0.05) is 0 Å². The van der Waals surface area contributed by atoms with Crippen LogP contribution in [-0.4, -0.2) is 67.4 Å². The molecule has 0 spiro atoms. The lowest BCUT2D eigenvalue weighted by molar-refractivity contribution is 0.0916. The van der Waals surface area contributed by atoms with E-state index in [1.54, 1.807) is 6.20 Å². The molecule has 2 aromatic heterocycles. The Morgan fingerprint density at radius 2 is 1.96 bits per heavy atom. The molecule has 0 bridgehead atoms. The topological polar surface area (TPSA) is 111 Å². The summed E-state index contributed by atoms with van der Waals surface area (Å²) in [6, 6.07) is 3.73. The molecule has 3 N–H and O–H groups in total. The molecule has 4 heterocycles. The second kappa shape index (κ2) is 7.18. The summed E-state index contributed by atoms with van der Waals surface area (Å²) in [6.45, 7) is 3.27. The van der Waals surface area contributed by atoms with Crippen LogP contribution in [0.1, 0.15) is 30.3 Å². The smallest absolute Gasteiger partial charge is 0.227 e. The predicted octanol–water partition coefficient (Wildman–Crippen LogP) is -0.320. The van der Waals surface area contributed by atoms with E-state index in [0.717, 1.165) is 44.0 Å². The zero-order chi connectivity index (χ0) is 18.1. The zero-order valence-electron chi connectivity index (χ0n) is 14.6. The molecule has 2 aromatic rings. The predicted molar refractivity (Wildman–Crippen MR) is 94.8 cm³/mol. The van der Waals surface area contributed by atoms with E-state index in [4.69, 9.17) is 10.1 Å². The maximum absolute atomic E-state index is 9.77. The quantitative estimate of drug-likeness (QED) is 0.680. The summed E-state index contributed by atoms with van der Waals surface area (Å²) in [7, 11) is 0. The van der Waals surface area contributed by atoms with Crippen molar-refractivity contribution >= 4 is 11.8 Å². The number of aromatic nitrogens is 4. The Bertz CT molecular complexity index is 759. The van der Waals surface area contributed by atoms with E-state index in [1.165, 1.54) is 0 Å². The Morgan fingerprint density at radius 3 is 2.73 bits per heavy atom. The number of hydrogen-bond acceptors (Lipinski definition) is 8. The molecule has 0 aliphatic carbocycles. The summed E-state index contributed by atoms with van der Waals surface area (Å²) in [5.74, 6) is 1.56. The van der Waals surface area contributed by atoms with Crippen molar-refractivity contribution in [2.24, 2.45) is 0 Å². The van der Waals surface area contributed by atoms with Crippen LogP contribution in [0.25, 0.3) is 0 Å². The number of rotatable bonds is 4. The highest BCUT2D eigenvalue weighted by atomic mass is 16.3. The second-order valence-electron chi connectivity index (χ2n) is 6.84. The summed E-state index contributed by atoms with van der Waals surface area (Å²) in [5, 5.41) is 32.9. The Balaban J connectivity index is 1.50. The van der Waals surface area contributed by atoms with Gasteiger partial charge in [-0.2, -0.15) is 10.1 Å². The molecule has 9 nitrogen and oxygen atoms in total. The summed E-state index contributed by atoms with van der Waals surface area (Å²) < 4.78 is 1.86. The molecule has 1 atom stereocenters. The SMILES string of the molecule is OCC(O)c1cc2n(n1)CCN(c1nccc(N3CCC(O)CC3)n1)C2. The zero-order valence-corrected chi connectivity index (χ0v) is 14.6. The van der Waals surface area contributed by atoms with Crippen LogP contribution in [-0.2, 0) is 13.1 Å². The average molecular weight is 360 g/mol. The molecule has 2 aliphatic heterocycles. The lowest BCUT2D eigenvalue weighted by atomic mass is 10.1. The minimum absolute atomic E-state index is 0.210. The maximum atomic E-state index is 9.77. The number of nitrogens with zero attached hydrogens (tertiary/aromatic N) is 6. The third-order valence-electron chi connectivity index (χ3n) is 5.03. The van der Waals surface area contributed by atoms with E-state index < -0.39 is 6.10 Å². The largest absolute Gasteiger partial charge is 0.393 e. The van der Waals surface area contributed by atoms with Crippen LogP contribution < -0.4 is 9.80 Å². The Hall–Kier alpha value is -2.23. The molecule has 4 rings (SSSR count). The van der Waals surface area contributed by atoms with Gasteiger partial charge in [-0.05, 0) is 25.0 Å². The molecule has 0 radical (unpaired) electrons. The van der Waals surface area contributed by atoms with Gasteiger partial charge in [0.1, 0.15) is 11.9 Å². The third kappa shape index (κ3) is 3.37. The number of anilines is 2. The molecule has 0 aromatic carbocycles. The van der Waals surface area contributed by atoms with Crippen molar-refractivity contribution in [3.05, 3.63) is 29.7 Å². The molecule has 140 valence electrons. The summed E-state index contributed by atoms with van der Waals surface area (Å²) in [6.07, 6.45) is 2.14. The van der Waals surface area contributed by atoms with Crippen molar-refractivity contribution in [2.75, 3.05) is 36.0 Å². The van der Waals surface area contributed by atoms with Crippen LogP contribution in [0.3, 0.4) is 0 Å². The monoisotopic (exact) mass is 360 g/mol. The first-order chi connectivity index (χ1) is 12.6. The van der Waals surface area contributed by atoms with Crippen LogP contribution in [0.4, 0.5) is 11.8 Å². The van der Waals surface area contributed by atoms with E-state index in [9.17, 15) is 10.2 Å². The van der Waals surface area contributed by atoms with Gasteiger partial charge in [-0.15, -0.1) is 0 Å². The Labute approximate surface area is 151 Å². The number of aliphatic hydroxyl groups excluding tert-OH is 3. The van der Waals surface area contributed by atoms with E-state index in [1.807, 2.05) is 16.8 Å². The minimum Gasteiger partial charge on any atom is -0.393 e.